The molecule has 0 aliphatic heterocycles. The number of nitrogens with zero attached hydrogens (tertiary/aromatic N) is 3. The van der Waals surface area contributed by atoms with E-state index >= 15 is 0 Å². The minimum absolute atomic E-state index is 0.123. The highest BCUT2D eigenvalue weighted by Gasteiger charge is 2.42. The highest BCUT2D eigenvalue weighted by molar-refractivity contribution is 6.31. The summed E-state index contributed by atoms with van der Waals surface area (Å²) in [6, 6.07) is 11.4. The second-order valence-electron chi connectivity index (χ2n) is 5.64. The lowest BCUT2D eigenvalue weighted by molar-refractivity contribution is -0.165. The molecule has 7 nitrogen and oxygen atoms in total. The van der Waals surface area contributed by atoms with E-state index in [2.05, 4.69) is 10.1 Å². The number of esters is 1. The number of halogens is 2. The maximum Gasteiger partial charge on any atom is 0.344 e. The summed E-state index contributed by atoms with van der Waals surface area (Å²) in [6.07, 6.45) is 2.66. The van der Waals surface area contributed by atoms with Crippen molar-refractivity contribution < 1.29 is 19.4 Å². The van der Waals surface area contributed by atoms with Gasteiger partial charge in [-0.25, -0.2) is 14.5 Å². The molecule has 0 radical (unpaired) electrons. The maximum atomic E-state index is 12.4. The average molecular weight is 408 g/mol. The van der Waals surface area contributed by atoms with Gasteiger partial charge in [0.15, 0.2) is 0 Å². The summed E-state index contributed by atoms with van der Waals surface area (Å²) in [4.78, 5) is 16.2. The van der Waals surface area contributed by atoms with Gasteiger partial charge < -0.3 is 14.6 Å². The SMILES string of the molecule is COC(=O)C(O)(Cn1cncn1)c1cc(Oc2ccc(Cl)cc2)ccc1Cl. The zero-order chi connectivity index (χ0) is 19.4. The molecule has 3 aromatic rings. The molecule has 1 unspecified atom stereocenters. The van der Waals surface area contributed by atoms with Gasteiger partial charge in [0.25, 0.3) is 0 Å². The fraction of sp³-hybridized carbons (Fsp3) is 0.167. The van der Waals surface area contributed by atoms with E-state index in [0.717, 1.165) is 0 Å². The first-order valence-corrected chi connectivity index (χ1v) is 8.54. The van der Waals surface area contributed by atoms with Crippen molar-refractivity contribution in [2.45, 2.75) is 12.1 Å². The van der Waals surface area contributed by atoms with Crippen LogP contribution >= 0.6 is 23.2 Å². The van der Waals surface area contributed by atoms with Gasteiger partial charge in [-0.05, 0) is 42.5 Å². The average Bonchev–Trinajstić information content (AvgIpc) is 3.17. The molecule has 140 valence electrons. The van der Waals surface area contributed by atoms with Crippen LogP contribution in [0.25, 0.3) is 0 Å². The lowest BCUT2D eigenvalue weighted by Crippen LogP contribution is -2.41. The Labute approximate surface area is 165 Å². The smallest absolute Gasteiger partial charge is 0.344 e. The molecule has 1 atom stereocenters. The van der Waals surface area contributed by atoms with Crippen LogP contribution in [0.3, 0.4) is 0 Å². The lowest BCUT2D eigenvalue weighted by atomic mass is 9.93. The molecule has 0 bridgehead atoms. The number of carbonyl (C=O) groups is 1. The second kappa shape index (κ2) is 7.96. The fourth-order valence-electron chi connectivity index (χ4n) is 2.50. The van der Waals surface area contributed by atoms with Crippen LogP contribution in [0.2, 0.25) is 10.0 Å². The minimum Gasteiger partial charge on any atom is -0.467 e. The van der Waals surface area contributed by atoms with Gasteiger partial charge in [-0.2, -0.15) is 5.10 Å². The Morgan fingerprint density at radius 2 is 1.89 bits per heavy atom. The zero-order valence-corrected chi connectivity index (χ0v) is 15.7. The van der Waals surface area contributed by atoms with E-state index in [-0.39, 0.29) is 17.1 Å². The predicted molar refractivity (Wildman–Crippen MR) is 98.9 cm³/mol. The molecule has 0 saturated carbocycles. The molecule has 0 spiro atoms. The van der Waals surface area contributed by atoms with E-state index < -0.39 is 11.6 Å². The third kappa shape index (κ3) is 4.21. The van der Waals surface area contributed by atoms with Gasteiger partial charge in [-0.15, -0.1) is 0 Å². The van der Waals surface area contributed by atoms with Gasteiger partial charge in [0, 0.05) is 15.6 Å². The van der Waals surface area contributed by atoms with Crippen molar-refractivity contribution >= 4 is 29.2 Å². The van der Waals surface area contributed by atoms with Crippen molar-refractivity contribution in [2.75, 3.05) is 7.11 Å². The number of hydrogen-bond donors (Lipinski definition) is 1. The lowest BCUT2D eigenvalue weighted by Gasteiger charge is -2.26. The topological polar surface area (TPSA) is 86.5 Å². The summed E-state index contributed by atoms with van der Waals surface area (Å²) in [5, 5.41) is 15.8. The number of aliphatic hydroxyl groups is 1. The number of aromatic nitrogens is 3. The number of benzene rings is 2. The monoisotopic (exact) mass is 407 g/mol. The molecule has 1 N–H and O–H groups in total. The van der Waals surface area contributed by atoms with Crippen molar-refractivity contribution in [2.24, 2.45) is 0 Å². The summed E-state index contributed by atoms with van der Waals surface area (Å²) in [7, 11) is 1.18. The largest absolute Gasteiger partial charge is 0.467 e. The van der Waals surface area contributed by atoms with Crippen LogP contribution in [0.4, 0.5) is 0 Å². The van der Waals surface area contributed by atoms with E-state index in [0.29, 0.717) is 16.5 Å². The molecule has 0 amide bonds. The molecular weight excluding hydrogens is 393 g/mol. The van der Waals surface area contributed by atoms with E-state index in [1.165, 1.54) is 36.6 Å². The maximum absolute atomic E-state index is 12.4. The molecule has 1 aromatic heterocycles. The van der Waals surface area contributed by atoms with Gasteiger partial charge in [0.05, 0.1) is 13.7 Å². The number of methoxy groups -OCH3 is 1. The molecule has 9 heteroatoms. The van der Waals surface area contributed by atoms with Gasteiger partial charge in [0.2, 0.25) is 5.60 Å². The quantitative estimate of drug-likeness (QED) is 0.629. The van der Waals surface area contributed by atoms with Crippen LogP contribution in [0.15, 0.2) is 55.1 Å². The van der Waals surface area contributed by atoms with Crippen LogP contribution in [-0.4, -0.2) is 33.0 Å². The highest BCUT2D eigenvalue weighted by Crippen LogP contribution is 2.35. The zero-order valence-electron chi connectivity index (χ0n) is 14.2. The Hall–Kier alpha value is -2.61. The van der Waals surface area contributed by atoms with Gasteiger partial charge >= 0.3 is 5.97 Å². The normalized spacial score (nSPS) is 13.0. The molecule has 0 saturated heterocycles. The first-order chi connectivity index (χ1) is 12.9. The molecule has 0 aliphatic rings. The summed E-state index contributed by atoms with van der Waals surface area (Å²) in [5.41, 5.74) is -1.96. The van der Waals surface area contributed by atoms with E-state index in [9.17, 15) is 9.90 Å². The molecule has 0 aliphatic carbocycles. The van der Waals surface area contributed by atoms with Crippen LogP contribution < -0.4 is 4.74 Å². The highest BCUT2D eigenvalue weighted by atomic mass is 35.5. The van der Waals surface area contributed by atoms with E-state index in [1.807, 2.05) is 0 Å². The first-order valence-electron chi connectivity index (χ1n) is 7.79. The molecule has 0 fully saturated rings. The van der Waals surface area contributed by atoms with Crippen molar-refractivity contribution in [1.82, 2.24) is 14.8 Å². The first kappa shape index (κ1) is 19.2. The molecule has 27 heavy (non-hydrogen) atoms. The third-order valence-corrected chi connectivity index (χ3v) is 4.39. The number of rotatable bonds is 6. The molecular formula is C18H15Cl2N3O4. The van der Waals surface area contributed by atoms with Crippen LogP contribution in [-0.2, 0) is 21.7 Å². The van der Waals surface area contributed by atoms with Crippen molar-refractivity contribution in [1.29, 1.82) is 0 Å². The Morgan fingerprint density at radius 1 is 1.19 bits per heavy atom. The number of hydrogen-bond acceptors (Lipinski definition) is 6. The van der Waals surface area contributed by atoms with E-state index in [4.69, 9.17) is 32.7 Å². The van der Waals surface area contributed by atoms with Crippen LogP contribution in [0, 0.1) is 0 Å². The number of ether oxygens (including phenoxy) is 2. The minimum atomic E-state index is -2.08. The van der Waals surface area contributed by atoms with Gasteiger partial charge in [0.1, 0.15) is 24.2 Å². The molecule has 3 rings (SSSR count). The Kier molecular flexibility index (Phi) is 5.65. The summed E-state index contributed by atoms with van der Waals surface area (Å²) >= 11 is 12.1. The van der Waals surface area contributed by atoms with Gasteiger partial charge in [-0.1, -0.05) is 23.2 Å². The summed E-state index contributed by atoms with van der Waals surface area (Å²) in [6.45, 7) is -0.232. The van der Waals surface area contributed by atoms with Gasteiger partial charge in [-0.3, -0.25) is 0 Å². The van der Waals surface area contributed by atoms with Crippen molar-refractivity contribution in [3.05, 3.63) is 70.7 Å². The Balaban J connectivity index is 1.98. The third-order valence-electron chi connectivity index (χ3n) is 3.81. The van der Waals surface area contributed by atoms with Crippen LogP contribution in [0.1, 0.15) is 5.56 Å². The summed E-state index contributed by atoms with van der Waals surface area (Å²) in [5.74, 6) is 0.0201. The Bertz CT molecular complexity index is 932. The van der Waals surface area contributed by atoms with Crippen molar-refractivity contribution in [3.63, 3.8) is 0 Å². The molecule has 2 aromatic carbocycles. The van der Waals surface area contributed by atoms with Crippen LogP contribution in [0.5, 0.6) is 11.5 Å². The fourth-order valence-corrected chi connectivity index (χ4v) is 2.90. The number of carbonyl (C=O) groups excluding carboxylic acids is 1. The van der Waals surface area contributed by atoms with Crippen molar-refractivity contribution in [3.8, 4) is 11.5 Å². The van der Waals surface area contributed by atoms with E-state index in [1.54, 1.807) is 30.3 Å². The summed E-state index contributed by atoms with van der Waals surface area (Å²) < 4.78 is 11.8. The molecule has 1 heterocycles. The second-order valence-corrected chi connectivity index (χ2v) is 6.49. The standard InChI is InChI=1S/C18H15Cl2N3O4/c1-26-17(24)18(25,9-23-11-21-10-22-23)15-8-14(6-7-16(15)20)27-13-4-2-12(19)3-5-13/h2-8,10-11,25H,9H2,1H3. The Morgan fingerprint density at radius 3 is 2.52 bits per heavy atom. The predicted octanol–water partition coefficient (Wildman–Crippen LogP) is 3.44.